The van der Waals surface area contributed by atoms with Crippen LogP contribution in [0, 0.1) is 5.92 Å². The van der Waals surface area contributed by atoms with E-state index in [0.717, 1.165) is 32.5 Å². The van der Waals surface area contributed by atoms with Crippen LogP contribution in [0.5, 0.6) is 0 Å². The third-order valence-electron chi connectivity index (χ3n) is 3.37. The summed E-state index contributed by atoms with van der Waals surface area (Å²) in [6.45, 7) is 5.28. The standard InChI is InChI=1S/C13H26N2O2/c1-2-3-4-5-8-15(9-10-16)13(17)12-6-7-14-11-12/h12,14,16H,2-11H2,1H3. The van der Waals surface area contributed by atoms with Crippen molar-refractivity contribution < 1.29 is 9.90 Å². The van der Waals surface area contributed by atoms with Crippen molar-refractivity contribution in [3.05, 3.63) is 0 Å². The average molecular weight is 242 g/mol. The summed E-state index contributed by atoms with van der Waals surface area (Å²) in [6.07, 6.45) is 5.61. The first-order valence-electron chi connectivity index (χ1n) is 6.90. The maximum Gasteiger partial charge on any atom is 0.227 e. The molecule has 1 unspecified atom stereocenters. The van der Waals surface area contributed by atoms with Crippen molar-refractivity contribution >= 4 is 5.91 Å². The molecule has 1 aliphatic heterocycles. The van der Waals surface area contributed by atoms with Crippen LogP contribution in [0.1, 0.15) is 39.0 Å². The number of aliphatic hydroxyl groups is 1. The summed E-state index contributed by atoms with van der Waals surface area (Å²) in [4.78, 5) is 14.0. The van der Waals surface area contributed by atoms with Crippen LogP contribution >= 0.6 is 0 Å². The summed E-state index contributed by atoms with van der Waals surface area (Å²) in [5, 5.41) is 12.2. The first kappa shape index (κ1) is 14.5. The second-order valence-electron chi connectivity index (χ2n) is 4.80. The Morgan fingerprint density at radius 1 is 1.35 bits per heavy atom. The zero-order valence-electron chi connectivity index (χ0n) is 11.0. The van der Waals surface area contributed by atoms with Crippen LogP contribution < -0.4 is 5.32 Å². The maximum atomic E-state index is 12.2. The third-order valence-corrected chi connectivity index (χ3v) is 3.37. The molecular weight excluding hydrogens is 216 g/mol. The highest BCUT2D eigenvalue weighted by molar-refractivity contribution is 5.79. The predicted octanol–water partition coefficient (Wildman–Crippen LogP) is 0.997. The fourth-order valence-electron chi connectivity index (χ4n) is 2.31. The van der Waals surface area contributed by atoms with Crippen LogP contribution in [0.2, 0.25) is 0 Å². The van der Waals surface area contributed by atoms with Gasteiger partial charge in [-0.25, -0.2) is 0 Å². The van der Waals surface area contributed by atoms with Crippen LogP contribution in [-0.2, 0) is 4.79 Å². The van der Waals surface area contributed by atoms with E-state index in [1.165, 1.54) is 19.3 Å². The van der Waals surface area contributed by atoms with Gasteiger partial charge in [0.05, 0.1) is 12.5 Å². The van der Waals surface area contributed by atoms with E-state index >= 15 is 0 Å². The minimum Gasteiger partial charge on any atom is -0.395 e. The zero-order chi connectivity index (χ0) is 12.5. The van der Waals surface area contributed by atoms with Crippen molar-refractivity contribution in [3.63, 3.8) is 0 Å². The number of nitrogens with one attached hydrogen (secondary N) is 1. The van der Waals surface area contributed by atoms with Crippen molar-refractivity contribution in [2.75, 3.05) is 32.8 Å². The number of hydrogen-bond acceptors (Lipinski definition) is 3. The molecule has 0 saturated carbocycles. The highest BCUT2D eigenvalue weighted by Gasteiger charge is 2.26. The topological polar surface area (TPSA) is 52.6 Å². The van der Waals surface area contributed by atoms with Gasteiger partial charge in [-0.1, -0.05) is 26.2 Å². The quantitative estimate of drug-likeness (QED) is 0.624. The number of unbranched alkanes of at least 4 members (excludes halogenated alkanes) is 3. The van der Waals surface area contributed by atoms with E-state index < -0.39 is 0 Å². The van der Waals surface area contributed by atoms with Gasteiger partial charge in [-0.05, 0) is 19.4 Å². The van der Waals surface area contributed by atoms with Crippen molar-refractivity contribution in [3.8, 4) is 0 Å². The average Bonchev–Trinajstić information content (AvgIpc) is 2.86. The fourth-order valence-corrected chi connectivity index (χ4v) is 2.31. The van der Waals surface area contributed by atoms with E-state index in [4.69, 9.17) is 5.11 Å². The first-order chi connectivity index (χ1) is 8.29. The molecule has 0 spiro atoms. The first-order valence-corrected chi connectivity index (χ1v) is 6.90. The Kier molecular flexibility index (Phi) is 7.21. The maximum absolute atomic E-state index is 12.2. The van der Waals surface area contributed by atoms with Crippen molar-refractivity contribution in [1.29, 1.82) is 0 Å². The number of amides is 1. The van der Waals surface area contributed by atoms with Crippen LogP contribution in [0.15, 0.2) is 0 Å². The van der Waals surface area contributed by atoms with Gasteiger partial charge < -0.3 is 15.3 Å². The predicted molar refractivity (Wildman–Crippen MR) is 68.8 cm³/mol. The molecular formula is C13H26N2O2. The summed E-state index contributed by atoms with van der Waals surface area (Å²) in [5.41, 5.74) is 0. The van der Waals surface area contributed by atoms with Crippen molar-refractivity contribution in [2.24, 2.45) is 5.92 Å². The molecule has 0 aromatic carbocycles. The van der Waals surface area contributed by atoms with Gasteiger partial charge in [0, 0.05) is 19.6 Å². The Hall–Kier alpha value is -0.610. The molecule has 1 amide bonds. The van der Waals surface area contributed by atoms with E-state index in [2.05, 4.69) is 12.2 Å². The van der Waals surface area contributed by atoms with Gasteiger partial charge in [0.25, 0.3) is 0 Å². The summed E-state index contributed by atoms with van der Waals surface area (Å²) < 4.78 is 0. The molecule has 1 heterocycles. The fraction of sp³-hybridized carbons (Fsp3) is 0.923. The van der Waals surface area contributed by atoms with Crippen LogP contribution in [0.3, 0.4) is 0 Å². The van der Waals surface area contributed by atoms with Crippen LogP contribution in [0.25, 0.3) is 0 Å². The number of rotatable bonds is 8. The lowest BCUT2D eigenvalue weighted by molar-refractivity contribution is -0.135. The molecule has 1 rings (SSSR count). The lowest BCUT2D eigenvalue weighted by Gasteiger charge is -2.24. The zero-order valence-corrected chi connectivity index (χ0v) is 11.0. The van der Waals surface area contributed by atoms with E-state index in [1.807, 2.05) is 4.90 Å². The molecule has 0 aromatic rings. The number of carbonyl (C=O) groups excluding carboxylic acids is 1. The minimum absolute atomic E-state index is 0.0691. The SMILES string of the molecule is CCCCCCN(CCO)C(=O)C1CCNC1. The molecule has 0 aliphatic carbocycles. The van der Waals surface area contributed by atoms with Gasteiger partial charge in [-0.2, -0.15) is 0 Å². The van der Waals surface area contributed by atoms with E-state index in [9.17, 15) is 4.79 Å². The monoisotopic (exact) mass is 242 g/mol. The highest BCUT2D eigenvalue weighted by atomic mass is 16.3. The molecule has 4 heteroatoms. The number of carbonyl (C=O) groups is 1. The molecule has 1 fully saturated rings. The van der Waals surface area contributed by atoms with Gasteiger partial charge in [-0.15, -0.1) is 0 Å². The molecule has 1 atom stereocenters. The summed E-state index contributed by atoms with van der Waals surface area (Å²) in [7, 11) is 0. The van der Waals surface area contributed by atoms with Gasteiger partial charge in [-0.3, -0.25) is 4.79 Å². The van der Waals surface area contributed by atoms with Crippen LogP contribution in [-0.4, -0.2) is 48.7 Å². The molecule has 1 aliphatic rings. The lowest BCUT2D eigenvalue weighted by atomic mass is 10.1. The molecule has 0 bridgehead atoms. The second kappa shape index (κ2) is 8.48. The van der Waals surface area contributed by atoms with Crippen molar-refractivity contribution in [2.45, 2.75) is 39.0 Å². The molecule has 17 heavy (non-hydrogen) atoms. The number of aliphatic hydroxyl groups excluding tert-OH is 1. The minimum atomic E-state index is 0.0691. The Bertz CT molecular complexity index is 215. The Balaban J connectivity index is 2.32. The van der Waals surface area contributed by atoms with Crippen LogP contribution in [0.4, 0.5) is 0 Å². The normalized spacial score (nSPS) is 19.5. The Morgan fingerprint density at radius 3 is 2.76 bits per heavy atom. The van der Waals surface area contributed by atoms with Gasteiger partial charge in [0.1, 0.15) is 0 Å². The van der Waals surface area contributed by atoms with E-state index in [0.29, 0.717) is 6.54 Å². The van der Waals surface area contributed by atoms with E-state index in [1.54, 1.807) is 0 Å². The number of hydrogen-bond donors (Lipinski definition) is 2. The number of nitrogens with zero attached hydrogens (tertiary/aromatic N) is 1. The lowest BCUT2D eigenvalue weighted by Crippen LogP contribution is -2.39. The Labute approximate surface area is 104 Å². The molecule has 100 valence electrons. The third kappa shape index (κ3) is 5.04. The molecule has 4 nitrogen and oxygen atoms in total. The summed E-state index contributed by atoms with van der Waals surface area (Å²) >= 11 is 0. The van der Waals surface area contributed by atoms with Gasteiger partial charge in [0.2, 0.25) is 5.91 Å². The van der Waals surface area contributed by atoms with Gasteiger partial charge in [0.15, 0.2) is 0 Å². The summed E-state index contributed by atoms with van der Waals surface area (Å²) in [5.74, 6) is 0.355. The summed E-state index contributed by atoms with van der Waals surface area (Å²) in [6, 6.07) is 0. The molecule has 2 N–H and O–H groups in total. The largest absolute Gasteiger partial charge is 0.395 e. The Morgan fingerprint density at radius 2 is 2.18 bits per heavy atom. The molecule has 0 aromatic heterocycles. The smallest absolute Gasteiger partial charge is 0.227 e. The van der Waals surface area contributed by atoms with Gasteiger partial charge >= 0.3 is 0 Å². The van der Waals surface area contributed by atoms with Crippen molar-refractivity contribution in [1.82, 2.24) is 10.2 Å². The molecule has 0 radical (unpaired) electrons. The molecule has 1 saturated heterocycles. The van der Waals surface area contributed by atoms with E-state index in [-0.39, 0.29) is 18.4 Å². The second-order valence-corrected chi connectivity index (χ2v) is 4.80. The highest BCUT2D eigenvalue weighted by Crippen LogP contribution is 2.12.